The average Bonchev–Trinajstić information content (AvgIpc) is 2.79. The van der Waals surface area contributed by atoms with Crippen molar-refractivity contribution in [2.45, 2.75) is 20.5 Å². The molecule has 0 aliphatic heterocycles. The minimum atomic E-state index is -0.346. The number of fused-ring (bicyclic) bond motifs is 1. The first kappa shape index (κ1) is 21.7. The van der Waals surface area contributed by atoms with E-state index in [-0.39, 0.29) is 5.97 Å². The molecule has 0 aliphatic rings. The van der Waals surface area contributed by atoms with Gasteiger partial charge in [-0.3, -0.25) is 4.98 Å². The third-order valence-corrected chi connectivity index (χ3v) is 5.30. The zero-order valence-corrected chi connectivity index (χ0v) is 18.6. The number of nitrogens with zero attached hydrogens (tertiary/aromatic N) is 1. The molecule has 0 atom stereocenters. The van der Waals surface area contributed by atoms with Gasteiger partial charge in [-0.1, -0.05) is 29.8 Å². The number of halogens is 1. The molecule has 0 radical (unpaired) electrons. The van der Waals surface area contributed by atoms with Gasteiger partial charge >= 0.3 is 5.97 Å². The third-order valence-electron chi connectivity index (χ3n) is 4.93. The Kier molecular flexibility index (Phi) is 6.57. The Balaban J connectivity index is 1.54. The quantitative estimate of drug-likeness (QED) is 0.320. The number of aromatic nitrogens is 1. The lowest BCUT2D eigenvalue weighted by atomic mass is 10.1. The maximum Gasteiger partial charge on any atom is 0.338 e. The molecule has 1 N–H and O–H groups in total. The lowest BCUT2D eigenvalue weighted by molar-refractivity contribution is 0.0526. The van der Waals surface area contributed by atoms with Crippen LogP contribution in [-0.2, 0) is 11.3 Å². The Labute approximate surface area is 192 Å². The van der Waals surface area contributed by atoms with Crippen LogP contribution in [0, 0.1) is 6.92 Å². The van der Waals surface area contributed by atoms with Crippen molar-refractivity contribution in [1.29, 1.82) is 0 Å². The highest BCUT2D eigenvalue weighted by atomic mass is 35.5. The summed E-state index contributed by atoms with van der Waals surface area (Å²) < 4.78 is 11.0. The zero-order valence-electron chi connectivity index (χ0n) is 17.9. The molecule has 0 saturated heterocycles. The molecule has 4 rings (SSSR count). The van der Waals surface area contributed by atoms with Crippen LogP contribution in [-0.4, -0.2) is 17.6 Å². The molecule has 0 fully saturated rings. The predicted molar refractivity (Wildman–Crippen MR) is 128 cm³/mol. The summed E-state index contributed by atoms with van der Waals surface area (Å²) in [5.41, 5.74) is 4.87. The van der Waals surface area contributed by atoms with E-state index < -0.39 is 0 Å². The lowest BCUT2D eigenvalue weighted by Gasteiger charge is -2.13. The normalized spacial score (nSPS) is 10.7. The summed E-state index contributed by atoms with van der Waals surface area (Å²) in [6, 6.07) is 22.7. The second-order valence-corrected chi connectivity index (χ2v) is 7.70. The van der Waals surface area contributed by atoms with Crippen LogP contribution in [0.4, 0.5) is 11.4 Å². The van der Waals surface area contributed by atoms with Crippen molar-refractivity contribution < 1.29 is 14.3 Å². The van der Waals surface area contributed by atoms with Gasteiger partial charge in [0.2, 0.25) is 0 Å². The number of aryl methyl sites for hydroxylation is 1. The molecule has 32 heavy (non-hydrogen) atoms. The summed E-state index contributed by atoms with van der Waals surface area (Å²) in [5.74, 6) is 0.400. The van der Waals surface area contributed by atoms with Gasteiger partial charge in [0.25, 0.3) is 0 Å². The van der Waals surface area contributed by atoms with Gasteiger partial charge < -0.3 is 14.8 Å². The van der Waals surface area contributed by atoms with Crippen molar-refractivity contribution >= 4 is 39.8 Å². The summed E-state index contributed by atoms with van der Waals surface area (Å²) in [6.07, 6.45) is 0. The van der Waals surface area contributed by atoms with E-state index in [4.69, 9.17) is 21.1 Å². The first-order chi connectivity index (χ1) is 15.5. The van der Waals surface area contributed by atoms with Gasteiger partial charge in [0.1, 0.15) is 12.4 Å². The Morgan fingerprint density at radius 2 is 1.81 bits per heavy atom. The summed E-state index contributed by atoms with van der Waals surface area (Å²) in [5, 5.41) is 4.96. The van der Waals surface area contributed by atoms with Gasteiger partial charge in [0.15, 0.2) is 0 Å². The number of anilines is 2. The van der Waals surface area contributed by atoms with Crippen molar-refractivity contribution in [3.63, 3.8) is 0 Å². The molecule has 0 aliphatic carbocycles. The summed E-state index contributed by atoms with van der Waals surface area (Å²) >= 11 is 6.19. The van der Waals surface area contributed by atoms with Crippen LogP contribution in [0.5, 0.6) is 5.75 Å². The van der Waals surface area contributed by atoms with Crippen LogP contribution in [0.25, 0.3) is 10.9 Å². The van der Waals surface area contributed by atoms with E-state index in [1.165, 1.54) is 0 Å². The largest absolute Gasteiger partial charge is 0.489 e. The summed E-state index contributed by atoms with van der Waals surface area (Å²) in [6.45, 7) is 4.46. The van der Waals surface area contributed by atoms with E-state index in [0.717, 1.165) is 39.3 Å². The molecule has 3 aromatic carbocycles. The van der Waals surface area contributed by atoms with Gasteiger partial charge in [-0.2, -0.15) is 0 Å². The van der Waals surface area contributed by atoms with Crippen molar-refractivity contribution in [3.8, 4) is 5.75 Å². The molecule has 0 saturated carbocycles. The van der Waals surface area contributed by atoms with Crippen molar-refractivity contribution in [3.05, 3.63) is 94.6 Å². The van der Waals surface area contributed by atoms with E-state index in [9.17, 15) is 4.79 Å². The fraction of sp³-hybridized carbons (Fsp3) is 0.154. The Hall–Kier alpha value is -3.57. The number of carbonyl (C=O) groups excluding carboxylic acids is 1. The maximum absolute atomic E-state index is 12.2. The molecular weight excluding hydrogens is 424 g/mol. The number of hydrogen-bond donors (Lipinski definition) is 1. The molecule has 0 unspecified atom stereocenters. The fourth-order valence-corrected chi connectivity index (χ4v) is 3.56. The first-order valence-electron chi connectivity index (χ1n) is 10.4. The summed E-state index contributed by atoms with van der Waals surface area (Å²) in [4.78, 5) is 16.7. The number of carbonyl (C=O) groups is 1. The van der Waals surface area contributed by atoms with E-state index >= 15 is 0 Å². The van der Waals surface area contributed by atoms with E-state index in [2.05, 4.69) is 10.3 Å². The second-order valence-electron chi connectivity index (χ2n) is 7.29. The van der Waals surface area contributed by atoms with Crippen molar-refractivity contribution in [2.75, 3.05) is 11.9 Å². The third kappa shape index (κ3) is 5.01. The van der Waals surface area contributed by atoms with Crippen molar-refractivity contribution in [2.24, 2.45) is 0 Å². The topological polar surface area (TPSA) is 60.5 Å². The average molecular weight is 447 g/mol. The molecule has 4 aromatic rings. The highest BCUT2D eigenvalue weighted by Gasteiger charge is 2.11. The summed E-state index contributed by atoms with van der Waals surface area (Å²) in [7, 11) is 0. The molecule has 6 heteroatoms. The van der Waals surface area contributed by atoms with Gasteiger partial charge in [0.05, 0.1) is 17.7 Å². The van der Waals surface area contributed by atoms with Crippen LogP contribution >= 0.6 is 11.6 Å². The molecule has 162 valence electrons. The Morgan fingerprint density at radius 1 is 1.03 bits per heavy atom. The van der Waals surface area contributed by atoms with Gasteiger partial charge in [0, 0.05) is 33.0 Å². The van der Waals surface area contributed by atoms with Crippen LogP contribution in [0.1, 0.15) is 28.5 Å². The van der Waals surface area contributed by atoms with E-state index in [1.807, 2.05) is 73.7 Å². The molecule has 5 nitrogen and oxygen atoms in total. The number of benzene rings is 3. The number of rotatable bonds is 7. The molecule has 0 bridgehead atoms. The molecule has 0 spiro atoms. The number of hydrogen-bond acceptors (Lipinski definition) is 5. The highest BCUT2D eigenvalue weighted by molar-refractivity contribution is 6.31. The molecular formula is C26H23ClN2O3. The molecule has 1 heterocycles. The fourth-order valence-electron chi connectivity index (χ4n) is 3.37. The van der Waals surface area contributed by atoms with E-state index in [0.29, 0.717) is 23.8 Å². The number of ether oxygens (including phenoxy) is 2. The highest BCUT2D eigenvalue weighted by Crippen LogP contribution is 2.29. The van der Waals surface area contributed by atoms with Crippen LogP contribution in [0.2, 0.25) is 5.02 Å². The number of nitrogens with one attached hydrogen (secondary N) is 1. The minimum Gasteiger partial charge on any atom is -0.489 e. The Bertz CT molecular complexity index is 1260. The van der Waals surface area contributed by atoms with E-state index in [1.54, 1.807) is 13.0 Å². The SMILES string of the molecule is CCOC(=O)c1ccc2nc(C)cc(Nc3ccc(OCc4ccccc4Cl)cc3)c2c1. The smallest absolute Gasteiger partial charge is 0.338 e. The zero-order chi connectivity index (χ0) is 22.5. The Morgan fingerprint density at radius 3 is 2.56 bits per heavy atom. The molecule has 1 aromatic heterocycles. The standard InChI is InChI=1S/C26H23ClN2O3/c1-3-31-26(30)18-8-13-24-22(15-18)25(14-17(2)28-24)29-20-9-11-21(12-10-20)32-16-19-6-4-5-7-23(19)27/h4-15H,3,16H2,1-2H3,(H,28,29). The van der Waals surface area contributed by atoms with Gasteiger partial charge in [-0.25, -0.2) is 4.79 Å². The lowest BCUT2D eigenvalue weighted by Crippen LogP contribution is -2.05. The maximum atomic E-state index is 12.2. The van der Waals surface area contributed by atoms with Crippen LogP contribution < -0.4 is 10.1 Å². The minimum absolute atomic E-state index is 0.332. The van der Waals surface area contributed by atoms with Crippen LogP contribution in [0.15, 0.2) is 72.8 Å². The monoisotopic (exact) mass is 446 g/mol. The molecule has 0 amide bonds. The number of pyridine rings is 1. The second kappa shape index (κ2) is 9.71. The predicted octanol–water partition coefficient (Wildman–Crippen LogP) is 6.70. The van der Waals surface area contributed by atoms with Gasteiger partial charge in [-0.05, 0) is 68.4 Å². The van der Waals surface area contributed by atoms with Gasteiger partial charge in [-0.15, -0.1) is 0 Å². The van der Waals surface area contributed by atoms with Crippen LogP contribution in [0.3, 0.4) is 0 Å². The number of esters is 1. The first-order valence-corrected chi connectivity index (χ1v) is 10.7. The van der Waals surface area contributed by atoms with Crippen molar-refractivity contribution in [1.82, 2.24) is 4.98 Å².